The van der Waals surface area contributed by atoms with Crippen LogP contribution in [0.15, 0.2) is 84.4 Å². The third kappa shape index (κ3) is 4.07. The van der Waals surface area contributed by atoms with Crippen molar-refractivity contribution in [1.29, 1.82) is 0 Å². The van der Waals surface area contributed by atoms with Crippen LogP contribution in [0.4, 0.5) is 0 Å². The van der Waals surface area contributed by atoms with Crippen LogP contribution in [0.1, 0.15) is 5.56 Å². The first kappa shape index (κ1) is 17.5. The third-order valence-electron chi connectivity index (χ3n) is 4.22. The first-order chi connectivity index (χ1) is 13.8. The molecule has 0 aliphatic carbocycles. The molecule has 0 bridgehead atoms. The van der Waals surface area contributed by atoms with Crippen molar-refractivity contribution in [1.82, 2.24) is 15.4 Å². The Morgan fingerprint density at radius 3 is 2.89 bits per heavy atom. The molecule has 2 aromatic carbocycles. The minimum absolute atomic E-state index is 0.123. The van der Waals surface area contributed by atoms with Gasteiger partial charge in [0.25, 0.3) is 5.91 Å². The summed E-state index contributed by atoms with van der Waals surface area (Å²) in [7, 11) is 0. The maximum atomic E-state index is 12.0. The molecule has 0 unspecified atom stereocenters. The summed E-state index contributed by atoms with van der Waals surface area (Å²) in [6, 6.07) is 19.2. The summed E-state index contributed by atoms with van der Waals surface area (Å²) in [5.74, 6) is 0.279. The fourth-order valence-corrected chi connectivity index (χ4v) is 2.88. The highest BCUT2D eigenvalue weighted by Gasteiger charge is 2.04. The number of nitrogens with zero attached hydrogens (tertiary/aromatic N) is 2. The smallest absolute Gasteiger partial charge is 0.277 e. The van der Waals surface area contributed by atoms with E-state index < -0.39 is 0 Å². The quantitative estimate of drug-likeness (QED) is 0.401. The number of aromatic nitrogens is 2. The van der Waals surface area contributed by atoms with Gasteiger partial charge in [0.15, 0.2) is 6.61 Å². The lowest BCUT2D eigenvalue weighted by Gasteiger charge is -2.07. The molecule has 28 heavy (non-hydrogen) atoms. The lowest BCUT2D eigenvalue weighted by molar-refractivity contribution is -0.123. The maximum Gasteiger partial charge on any atom is 0.277 e. The predicted molar refractivity (Wildman–Crippen MR) is 109 cm³/mol. The van der Waals surface area contributed by atoms with Gasteiger partial charge in [0, 0.05) is 40.6 Å². The number of rotatable bonds is 6. The number of hydrazone groups is 1. The zero-order chi connectivity index (χ0) is 19.2. The average Bonchev–Trinajstić information content (AvgIpc) is 3.23. The molecule has 1 amide bonds. The third-order valence-corrected chi connectivity index (χ3v) is 4.22. The van der Waals surface area contributed by atoms with Crippen LogP contribution < -0.4 is 10.2 Å². The largest absolute Gasteiger partial charge is 0.484 e. The zero-order valence-corrected chi connectivity index (χ0v) is 15.0. The summed E-state index contributed by atoms with van der Waals surface area (Å²) in [5.41, 5.74) is 6.39. The number of hydrogen-bond acceptors (Lipinski definition) is 4. The number of hydrogen-bond donors (Lipinski definition) is 2. The number of carbonyl (C=O) groups excluding carboxylic acids is 1. The number of carbonyl (C=O) groups is 1. The molecule has 2 heterocycles. The highest BCUT2D eigenvalue weighted by molar-refractivity contribution is 5.98. The van der Waals surface area contributed by atoms with Gasteiger partial charge in [0.2, 0.25) is 0 Å². The number of fused-ring (bicyclic) bond motifs is 1. The van der Waals surface area contributed by atoms with E-state index in [4.69, 9.17) is 4.74 Å². The molecular weight excluding hydrogens is 352 g/mol. The van der Waals surface area contributed by atoms with Gasteiger partial charge in [0.05, 0.1) is 6.21 Å². The van der Waals surface area contributed by atoms with Crippen molar-refractivity contribution in [2.75, 3.05) is 6.61 Å². The summed E-state index contributed by atoms with van der Waals surface area (Å²) in [5, 5.41) is 5.07. The number of benzene rings is 2. The first-order valence-corrected chi connectivity index (χ1v) is 8.81. The number of amides is 1. The lowest BCUT2D eigenvalue weighted by atomic mass is 10.1. The number of ether oxygens (including phenoxy) is 1. The topological polar surface area (TPSA) is 79.4 Å². The maximum absolute atomic E-state index is 12.0. The number of nitrogens with one attached hydrogen (secondary N) is 2. The van der Waals surface area contributed by atoms with E-state index in [1.165, 1.54) is 0 Å². The van der Waals surface area contributed by atoms with E-state index in [0.717, 1.165) is 27.6 Å². The van der Waals surface area contributed by atoms with Gasteiger partial charge in [-0.15, -0.1) is 0 Å². The van der Waals surface area contributed by atoms with Crippen molar-refractivity contribution in [2.24, 2.45) is 5.10 Å². The van der Waals surface area contributed by atoms with Crippen molar-refractivity contribution in [3.8, 4) is 16.9 Å². The second-order valence-corrected chi connectivity index (χ2v) is 6.14. The van der Waals surface area contributed by atoms with Crippen LogP contribution in [-0.4, -0.2) is 28.7 Å². The molecule has 0 saturated carbocycles. The Morgan fingerprint density at radius 1 is 1.11 bits per heavy atom. The molecular formula is C22H18N4O2. The number of aromatic amines is 1. The minimum atomic E-state index is -0.329. The van der Waals surface area contributed by atoms with E-state index in [-0.39, 0.29) is 12.5 Å². The summed E-state index contributed by atoms with van der Waals surface area (Å²) in [6.45, 7) is -0.123. The molecule has 138 valence electrons. The molecule has 0 atom stereocenters. The monoisotopic (exact) mass is 370 g/mol. The van der Waals surface area contributed by atoms with Gasteiger partial charge in [-0.25, -0.2) is 5.43 Å². The Balaban J connectivity index is 1.34. The highest BCUT2D eigenvalue weighted by Crippen LogP contribution is 2.22. The summed E-state index contributed by atoms with van der Waals surface area (Å²) >= 11 is 0. The molecule has 4 aromatic rings. The molecule has 0 aliphatic rings. The number of H-pyrrole nitrogens is 1. The Bertz CT molecular complexity index is 1120. The summed E-state index contributed by atoms with van der Waals surface area (Å²) < 4.78 is 5.58. The normalized spacial score (nSPS) is 11.0. The first-order valence-electron chi connectivity index (χ1n) is 8.81. The second kappa shape index (κ2) is 8.18. The molecule has 0 aliphatic heterocycles. The van der Waals surface area contributed by atoms with Crippen LogP contribution in [0.5, 0.6) is 5.75 Å². The molecule has 2 N–H and O–H groups in total. The van der Waals surface area contributed by atoms with E-state index in [1.54, 1.807) is 18.6 Å². The summed E-state index contributed by atoms with van der Waals surface area (Å²) in [6.07, 6.45) is 7.00. The van der Waals surface area contributed by atoms with E-state index in [0.29, 0.717) is 5.75 Å². The molecule has 0 fully saturated rings. The Hall–Kier alpha value is -3.93. The molecule has 6 nitrogen and oxygen atoms in total. The predicted octanol–water partition coefficient (Wildman–Crippen LogP) is 3.76. The Labute approximate surface area is 161 Å². The average molecular weight is 370 g/mol. The van der Waals surface area contributed by atoms with Gasteiger partial charge >= 0.3 is 0 Å². The fourth-order valence-electron chi connectivity index (χ4n) is 2.88. The van der Waals surface area contributed by atoms with Crippen molar-refractivity contribution < 1.29 is 9.53 Å². The molecule has 0 spiro atoms. The minimum Gasteiger partial charge on any atom is -0.484 e. The van der Waals surface area contributed by atoms with Crippen LogP contribution in [0.25, 0.3) is 22.0 Å². The van der Waals surface area contributed by atoms with Gasteiger partial charge in [-0.05, 0) is 35.9 Å². The zero-order valence-electron chi connectivity index (χ0n) is 15.0. The van der Waals surface area contributed by atoms with E-state index >= 15 is 0 Å². The molecule has 0 saturated heterocycles. The van der Waals surface area contributed by atoms with Crippen LogP contribution in [-0.2, 0) is 4.79 Å². The molecule has 2 aromatic heterocycles. The van der Waals surface area contributed by atoms with E-state index in [2.05, 4.69) is 20.5 Å². The highest BCUT2D eigenvalue weighted by atomic mass is 16.5. The van der Waals surface area contributed by atoms with E-state index in [9.17, 15) is 4.79 Å². The van der Waals surface area contributed by atoms with Gasteiger partial charge in [-0.1, -0.05) is 30.3 Å². The van der Waals surface area contributed by atoms with Gasteiger partial charge < -0.3 is 9.72 Å². The van der Waals surface area contributed by atoms with Crippen LogP contribution in [0.3, 0.4) is 0 Å². The van der Waals surface area contributed by atoms with Gasteiger partial charge in [0.1, 0.15) is 5.75 Å². The Kier molecular flexibility index (Phi) is 5.11. The molecule has 6 heteroatoms. The van der Waals surface area contributed by atoms with Crippen LogP contribution in [0, 0.1) is 0 Å². The fraction of sp³-hybridized carbons (Fsp3) is 0.0455. The van der Waals surface area contributed by atoms with Crippen molar-refractivity contribution in [2.45, 2.75) is 0 Å². The van der Waals surface area contributed by atoms with E-state index in [1.807, 2.05) is 66.9 Å². The molecule has 4 rings (SSSR count). The lowest BCUT2D eigenvalue weighted by Crippen LogP contribution is -2.24. The van der Waals surface area contributed by atoms with Crippen LogP contribution >= 0.6 is 0 Å². The Morgan fingerprint density at radius 2 is 2.00 bits per heavy atom. The molecule has 0 radical (unpaired) electrons. The summed E-state index contributed by atoms with van der Waals surface area (Å²) in [4.78, 5) is 19.3. The number of pyridine rings is 1. The van der Waals surface area contributed by atoms with Crippen molar-refractivity contribution >= 4 is 23.0 Å². The van der Waals surface area contributed by atoms with Gasteiger partial charge in [-0.2, -0.15) is 5.10 Å². The van der Waals surface area contributed by atoms with Gasteiger partial charge in [-0.3, -0.25) is 9.78 Å². The SMILES string of the molecule is O=C(COc1cccc(-c2cccnc2)c1)NN=Cc1cccc2[nH]ccc12. The standard InChI is InChI=1S/C22H18N4O2/c27-22(26-25-14-18-5-2-8-21-20(18)9-11-24-21)15-28-19-7-1-4-16(12-19)17-6-3-10-23-13-17/h1-14,24H,15H2,(H,26,27). The van der Waals surface area contributed by atoms with Crippen molar-refractivity contribution in [3.05, 3.63) is 84.8 Å². The second-order valence-electron chi connectivity index (χ2n) is 6.14. The van der Waals surface area contributed by atoms with Crippen LogP contribution in [0.2, 0.25) is 0 Å². The van der Waals surface area contributed by atoms with Crippen molar-refractivity contribution in [3.63, 3.8) is 0 Å².